The van der Waals surface area contributed by atoms with E-state index in [1.54, 1.807) is 6.33 Å². The number of imidazole rings is 1. The van der Waals surface area contributed by atoms with Crippen molar-refractivity contribution in [2.24, 2.45) is 0 Å². The van der Waals surface area contributed by atoms with E-state index in [2.05, 4.69) is 49.7 Å². The highest BCUT2D eigenvalue weighted by Gasteiger charge is 2.17. The molecule has 114 valence electrons. The minimum absolute atomic E-state index is 0.252. The lowest BCUT2D eigenvalue weighted by atomic mass is 10.2. The molecule has 0 aliphatic carbocycles. The lowest BCUT2D eigenvalue weighted by Crippen LogP contribution is -2.30. The van der Waals surface area contributed by atoms with Crippen molar-refractivity contribution < 1.29 is 0 Å². The van der Waals surface area contributed by atoms with Gasteiger partial charge in [0.15, 0.2) is 11.5 Å². The molecular weight excluding hydrogens is 266 g/mol. The van der Waals surface area contributed by atoms with Crippen molar-refractivity contribution in [3.05, 3.63) is 6.33 Å². The van der Waals surface area contributed by atoms with Gasteiger partial charge in [-0.1, -0.05) is 13.8 Å². The Morgan fingerprint density at radius 3 is 2.90 bits per heavy atom. The van der Waals surface area contributed by atoms with E-state index in [4.69, 9.17) is 0 Å². The number of aromatic amines is 1. The zero-order valence-electron chi connectivity index (χ0n) is 12.6. The molecule has 4 N–H and O–H groups in total. The first-order chi connectivity index (χ1) is 10.3. The highest BCUT2D eigenvalue weighted by atomic mass is 15.2. The fourth-order valence-electron chi connectivity index (χ4n) is 2.65. The normalized spacial score (nSPS) is 18.5. The molecule has 0 amide bonds. The van der Waals surface area contributed by atoms with Crippen LogP contribution in [0, 0.1) is 0 Å². The van der Waals surface area contributed by atoms with Gasteiger partial charge in [-0.05, 0) is 32.2 Å². The van der Waals surface area contributed by atoms with E-state index in [0.717, 1.165) is 37.1 Å². The maximum Gasteiger partial charge on any atom is 0.228 e. The number of nitrogens with zero attached hydrogens (tertiary/aromatic N) is 3. The van der Waals surface area contributed by atoms with Gasteiger partial charge in [0.1, 0.15) is 5.52 Å². The molecule has 3 rings (SSSR count). The molecule has 1 atom stereocenters. The molecule has 1 aliphatic heterocycles. The van der Waals surface area contributed by atoms with Gasteiger partial charge in [-0.15, -0.1) is 0 Å². The fourth-order valence-corrected chi connectivity index (χ4v) is 2.65. The number of aromatic nitrogens is 4. The van der Waals surface area contributed by atoms with Crippen LogP contribution in [0.5, 0.6) is 0 Å². The van der Waals surface area contributed by atoms with Crippen LogP contribution in [0.4, 0.5) is 11.8 Å². The summed E-state index contributed by atoms with van der Waals surface area (Å²) in [5.41, 5.74) is 1.56. The van der Waals surface area contributed by atoms with Crippen molar-refractivity contribution in [1.82, 2.24) is 25.3 Å². The van der Waals surface area contributed by atoms with Crippen molar-refractivity contribution in [3.8, 4) is 0 Å². The highest BCUT2D eigenvalue weighted by Crippen LogP contribution is 2.21. The fraction of sp³-hybridized carbons (Fsp3) is 0.643. The van der Waals surface area contributed by atoms with Gasteiger partial charge >= 0.3 is 0 Å². The smallest absolute Gasteiger partial charge is 0.228 e. The summed E-state index contributed by atoms with van der Waals surface area (Å²) in [4.78, 5) is 16.5. The maximum absolute atomic E-state index is 4.63. The van der Waals surface area contributed by atoms with E-state index in [1.165, 1.54) is 6.42 Å². The Labute approximate surface area is 124 Å². The number of nitrogens with one attached hydrogen (secondary N) is 4. The van der Waals surface area contributed by atoms with Crippen LogP contribution in [-0.2, 0) is 0 Å². The summed E-state index contributed by atoms with van der Waals surface area (Å²) in [7, 11) is 0. The lowest BCUT2D eigenvalue weighted by molar-refractivity contribution is 0.664. The minimum Gasteiger partial charge on any atom is -0.365 e. The minimum atomic E-state index is 0.252. The van der Waals surface area contributed by atoms with E-state index in [-0.39, 0.29) is 6.17 Å². The van der Waals surface area contributed by atoms with Gasteiger partial charge in [0, 0.05) is 6.04 Å². The molecule has 0 aromatic carbocycles. The third-order valence-electron chi connectivity index (χ3n) is 3.98. The SMILES string of the molecule is CCC(CC)Nc1nc(N[C@@H]2CCCN2)nc2nc[nH]c12. The number of H-pyrrole nitrogens is 1. The van der Waals surface area contributed by atoms with Crippen LogP contribution in [-0.4, -0.2) is 38.7 Å². The Balaban J connectivity index is 1.87. The molecule has 1 fully saturated rings. The summed E-state index contributed by atoms with van der Waals surface area (Å²) in [5.74, 6) is 1.45. The van der Waals surface area contributed by atoms with Gasteiger partial charge < -0.3 is 15.6 Å². The number of hydrogen-bond acceptors (Lipinski definition) is 6. The second-order valence-corrected chi connectivity index (χ2v) is 5.45. The second-order valence-electron chi connectivity index (χ2n) is 5.45. The largest absolute Gasteiger partial charge is 0.365 e. The first-order valence-electron chi connectivity index (χ1n) is 7.77. The third-order valence-corrected chi connectivity index (χ3v) is 3.98. The van der Waals surface area contributed by atoms with E-state index in [1.807, 2.05) is 0 Å². The average molecular weight is 289 g/mol. The topological polar surface area (TPSA) is 90.6 Å². The monoisotopic (exact) mass is 289 g/mol. The van der Waals surface area contributed by atoms with Crippen LogP contribution in [0.2, 0.25) is 0 Å². The Hall–Kier alpha value is -1.89. The molecule has 0 bridgehead atoms. The van der Waals surface area contributed by atoms with Gasteiger partial charge in [0.25, 0.3) is 0 Å². The first-order valence-corrected chi connectivity index (χ1v) is 7.77. The number of anilines is 2. The predicted octanol–water partition coefficient (Wildman–Crippen LogP) is 2.07. The summed E-state index contributed by atoms with van der Waals surface area (Å²) in [5, 5.41) is 10.2. The van der Waals surface area contributed by atoms with Crippen LogP contribution >= 0.6 is 0 Å². The van der Waals surface area contributed by atoms with Gasteiger partial charge in [-0.25, -0.2) is 4.98 Å². The van der Waals surface area contributed by atoms with Crippen molar-refractivity contribution in [2.45, 2.75) is 51.7 Å². The summed E-state index contributed by atoms with van der Waals surface area (Å²) in [6, 6.07) is 0.406. The molecule has 21 heavy (non-hydrogen) atoms. The van der Waals surface area contributed by atoms with Crippen LogP contribution in [0.15, 0.2) is 6.33 Å². The second kappa shape index (κ2) is 6.26. The van der Waals surface area contributed by atoms with Crippen molar-refractivity contribution in [2.75, 3.05) is 17.2 Å². The Kier molecular flexibility index (Phi) is 4.19. The van der Waals surface area contributed by atoms with E-state index >= 15 is 0 Å². The molecule has 2 aromatic heterocycles. The molecule has 7 nitrogen and oxygen atoms in total. The summed E-state index contributed by atoms with van der Waals surface area (Å²) in [6.07, 6.45) is 6.31. The molecular formula is C14H23N7. The zero-order valence-corrected chi connectivity index (χ0v) is 12.6. The summed E-state index contributed by atoms with van der Waals surface area (Å²) < 4.78 is 0. The summed E-state index contributed by atoms with van der Waals surface area (Å²) in [6.45, 7) is 5.39. The maximum atomic E-state index is 4.63. The molecule has 1 aliphatic rings. The number of rotatable bonds is 6. The lowest BCUT2D eigenvalue weighted by Gasteiger charge is -2.17. The number of fused-ring (bicyclic) bond motifs is 1. The van der Waals surface area contributed by atoms with Crippen LogP contribution < -0.4 is 16.0 Å². The van der Waals surface area contributed by atoms with Gasteiger partial charge in [0.05, 0.1) is 12.5 Å². The van der Waals surface area contributed by atoms with Crippen LogP contribution in [0.3, 0.4) is 0 Å². The molecule has 0 saturated carbocycles. The molecule has 1 saturated heterocycles. The van der Waals surface area contributed by atoms with E-state index in [0.29, 0.717) is 17.6 Å². The molecule has 0 spiro atoms. The van der Waals surface area contributed by atoms with Gasteiger partial charge in [-0.2, -0.15) is 9.97 Å². The molecule has 3 heterocycles. The number of hydrogen-bond donors (Lipinski definition) is 4. The Morgan fingerprint density at radius 1 is 1.33 bits per heavy atom. The standard InChI is InChI=1S/C14H23N7/c1-3-9(4-2)18-13-11-12(17-8-16-11)20-14(21-13)19-10-6-5-7-15-10/h8-10,15H,3-7H2,1-2H3,(H3,16,17,18,19,20,21)/t10-/m1/s1. The van der Waals surface area contributed by atoms with E-state index in [9.17, 15) is 0 Å². The third kappa shape index (κ3) is 3.07. The average Bonchev–Trinajstić information content (AvgIpc) is 3.15. The molecule has 2 aromatic rings. The highest BCUT2D eigenvalue weighted by molar-refractivity contribution is 5.83. The van der Waals surface area contributed by atoms with Crippen LogP contribution in [0.1, 0.15) is 39.5 Å². The van der Waals surface area contributed by atoms with Crippen molar-refractivity contribution in [3.63, 3.8) is 0 Å². The summed E-state index contributed by atoms with van der Waals surface area (Å²) >= 11 is 0. The first kappa shape index (κ1) is 14.1. The van der Waals surface area contributed by atoms with Gasteiger partial charge in [0.2, 0.25) is 5.95 Å². The van der Waals surface area contributed by atoms with Gasteiger partial charge in [-0.3, -0.25) is 5.32 Å². The van der Waals surface area contributed by atoms with E-state index < -0.39 is 0 Å². The predicted molar refractivity (Wildman–Crippen MR) is 84.3 cm³/mol. The molecule has 7 heteroatoms. The van der Waals surface area contributed by atoms with Crippen LogP contribution in [0.25, 0.3) is 11.2 Å². The Morgan fingerprint density at radius 2 is 2.19 bits per heavy atom. The van der Waals surface area contributed by atoms with Crippen molar-refractivity contribution in [1.29, 1.82) is 0 Å². The molecule has 0 radical (unpaired) electrons. The van der Waals surface area contributed by atoms with Crippen molar-refractivity contribution >= 4 is 22.9 Å². The Bertz CT molecular complexity index is 584. The quantitative estimate of drug-likeness (QED) is 0.651. The zero-order chi connectivity index (χ0) is 14.7. The molecule has 0 unspecified atom stereocenters.